The number of anilines is 3. The topological polar surface area (TPSA) is 72.9 Å². The molecule has 2 saturated heterocycles. The molecular weight excluding hydrogens is 567 g/mol. The molecule has 0 unspecified atom stereocenters. The van der Waals surface area contributed by atoms with Crippen LogP contribution < -0.4 is 15.1 Å². The van der Waals surface area contributed by atoms with Gasteiger partial charge in [-0.2, -0.15) is 0 Å². The van der Waals surface area contributed by atoms with E-state index in [0.29, 0.717) is 22.4 Å². The van der Waals surface area contributed by atoms with Gasteiger partial charge in [-0.15, -0.1) is 0 Å². The van der Waals surface area contributed by atoms with Gasteiger partial charge in [-0.3, -0.25) is 4.79 Å². The first-order valence-corrected chi connectivity index (χ1v) is 13.1. The number of nitrogens with zero attached hydrogens (tertiary/aromatic N) is 2. The number of nitrogens with one attached hydrogen (secondary N) is 1. The highest BCUT2D eigenvalue weighted by Crippen LogP contribution is 2.54. The van der Waals surface area contributed by atoms with Crippen molar-refractivity contribution in [1.29, 1.82) is 0 Å². The Morgan fingerprint density at radius 1 is 0.829 bits per heavy atom. The minimum absolute atomic E-state index is 0.0329. The summed E-state index contributed by atoms with van der Waals surface area (Å²) in [6.07, 6.45) is 4.26. The SMILES string of the molecule is O=C(O)c1ccc(NC(=O)c2ccc(I)cc2N2CCC3(CC2)CC3)cc1N1CCC(F)(F)CC1. The molecule has 3 fully saturated rings. The molecule has 1 saturated carbocycles. The van der Waals surface area contributed by atoms with Gasteiger partial charge in [-0.05, 0) is 90.1 Å². The molecule has 2 aromatic carbocycles. The summed E-state index contributed by atoms with van der Waals surface area (Å²) in [4.78, 5) is 29.1. The normalized spacial score (nSPS) is 20.5. The molecule has 5 rings (SSSR count). The van der Waals surface area contributed by atoms with Gasteiger partial charge < -0.3 is 20.2 Å². The van der Waals surface area contributed by atoms with Crippen LogP contribution in [0, 0.1) is 8.99 Å². The molecule has 1 aliphatic carbocycles. The number of aromatic carboxylic acids is 1. The highest BCUT2D eigenvalue weighted by atomic mass is 127. The van der Waals surface area contributed by atoms with Gasteiger partial charge in [0.15, 0.2) is 0 Å². The van der Waals surface area contributed by atoms with E-state index in [0.717, 1.165) is 35.2 Å². The number of amides is 1. The van der Waals surface area contributed by atoms with Crippen molar-refractivity contribution in [3.63, 3.8) is 0 Å². The Hall–Kier alpha value is -2.43. The molecule has 0 atom stereocenters. The van der Waals surface area contributed by atoms with E-state index >= 15 is 0 Å². The Labute approximate surface area is 216 Å². The lowest BCUT2D eigenvalue weighted by molar-refractivity contribution is -0.0220. The molecular formula is C26H28F2IN3O3. The van der Waals surface area contributed by atoms with Crippen molar-refractivity contribution in [2.75, 3.05) is 41.3 Å². The average molecular weight is 595 g/mol. The summed E-state index contributed by atoms with van der Waals surface area (Å²) in [5.74, 6) is -4.14. The summed E-state index contributed by atoms with van der Waals surface area (Å²) >= 11 is 2.25. The zero-order valence-corrected chi connectivity index (χ0v) is 21.5. The van der Waals surface area contributed by atoms with Gasteiger partial charge in [0.25, 0.3) is 11.8 Å². The standard InChI is InChI=1S/C26H28F2IN3O3/c27-26(28)9-13-32(14-10-26)22-16-18(2-4-20(22)24(34)35)30-23(33)19-3-1-17(29)15-21(19)31-11-7-25(5-6-25)8-12-31/h1-4,15-16H,5-14H2,(H,30,33)(H,34,35). The molecule has 186 valence electrons. The number of carbonyl (C=O) groups is 2. The number of rotatable bonds is 5. The summed E-state index contributed by atoms with van der Waals surface area (Å²) < 4.78 is 28.4. The molecule has 1 amide bonds. The number of piperidine rings is 2. The number of carbonyl (C=O) groups excluding carboxylic acids is 1. The van der Waals surface area contributed by atoms with Gasteiger partial charge in [-0.25, -0.2) is 13.6 Å². The molecule has 2 aliphatic heterocycles. The third kappa shape index (κ3) is 5.24. The summed E-state index contributed by atoms with van der Waals surface area (Å²) in [6, 6.07) is 10.3. The maximum atomic E-state index is 13.7. The van der Waals surface area contributed by atoms with Gasteiger partial charge in [0, 0.05) is 48.3 Å². The van der Waals surface area contributed by atoms with Crippen LogP contribution in [0.25, 0.3) is 0 Å². The van der Waals surface area contributed by atoms with Crippen LogP contribution in [0.5, 0.6) is 0 Å². The van der Waals surface area contributed by atoms with Crippen LogP contribution in [0.4, 0.5) is 25.8 Å². The number of alkyl halides is 2. The fraction of sp³-hybridized carbons (Fsp3) is 0.462. The van der Waals surface area contributed by atoms with Gasteiger partial charge in [0.1, 0.15) is 0 Å². The molecule has 9 heteroatoms. The monoisotopic (exact) mass is 595 g/mol. The van der Waals surface area contributed by atoms with Crippen LogP contribution in [0.2, 0.25) is 0 Å². The van der Waals surface area contributed by atoms with Crippen LogP contribution in [0.3, 0.4) is 0 Å². The van der Waals surface area contributed by atoms with Crippen molar-refractivity contribution in [3.8, 4) is 0 Å². The first-order valence-electron chi connectivity index (χ1n) is 12.0. The van der Waals surface area contributed by atoms with E-state index < -0.39 is 11.9 Å². The van der Waals surface area contributed by atoms with E-state index in [1.54, 1.807) is 17.0 Å². The minimum atomic E-state index is -2.74. The lowest BCUT2D eigenvalue weighted by Gasteiger charge is -2.35. The van der Waals surface area contributed by atoms with E-state index in [2.05, 4.69) is 32.8 Å². The summed E-state index contributed by atoms with van der Waals surface area (Å²) in [7, 11) is 0. The minimum Gasteiger partial charge on any atom is -0.478 e. The van der Waals surface area contributed by atoms with Crippen molar-refractivity contribution < 1.29 is 23.5 Å². The Morgan fingerprint density at radius 3 is 2.00 bits per heavy atom. The van der Waals surface area contributed by atoms with Gasteiger partial charge in [0.05, 0.1) is 22.5 Å². The molecule has 0 aromatic heterocycles. The van der Waals surface area contributed by atoms with Gasteiger partial charge in [-0.1, -0.05) is 0 Å². The van der Waals surface area contributed by atoms with Crippen molar-refractivity contribution in [3.05, 3.63) is 51.1 Å². The van der Waals surface area contributed by atoms with E-state index in [9.17, 15) is 23.5 Å². The molecule has 35 heavy (non-hydrogen) atoms. The molecule has 2 aromatic rings. The molecule has 1 spiro atoms. The number of carboxylic acids is 1. The fourth-order valence-corrected chi connectivity index (χ4v) is 5.66. The van der Waals surface area contributed by atoms with Gasteiger partial charge >= 0.3 is 5.97 Å². The van der Waals surface area contributed by atoms with Crippen LogP contribution in [-0.2, 0) is 0 Å². The van der Waals surface area contributed by atoms with Crippen molar-refractivity contribution in [1.82, 2.24) is 0 Å². The number of hydrogen-bond donors (Lipinski definition) is 2. The van der Waals surface area contributed by atoms with Crippen LogP contribution in [0.15, 0.2) is 36.4 Å². The number of halogens is 3. The number of carboxylic acid groups (broad SMARTS) is 1. The molecule has 0 bridgehead atoms. The Bertz CT molecular complexity index is 1150. The van der Waals surface area contributed by atoms with Crippen molar-refractivity contribution >= 4 is 51.5 Å². The quantitative estimate of drug-likeness (QED) is 0.424. The van der Waals surface area contributed by atoms with Gasteiger partial charge in [0.2, 0.25) is 0 Å². The number of benzene rings is 2. The zero-order valence-electron chi connectivity index (χ0n) is 19.3. The fourth-order valence-electron chi connectivity index (χ4n) is 5.18. The summed E-state index contributed by atoms with van der Waals surface area (Å²) in [5, 5.41) is 12.5. The van der Waals surface area contributed by atoms with E-state index in [1.165, 1.54) is 18.9 Å². The first-order chi connectivity index (χ1) is 16.6. The number of hydrogen-bond acceptors (Lipinski definition) is 4. The maximum absolute atomic E-state index is 13.7. The lowest BCUT2D eigenvalue weighted by atomic mass is 9.93. The Morgan fingerprint density at radius 2 is 1.40 bits per heavy atom. The Kier molecular flexibility index (Phi) is 6.39. The second kappa shape index (κ2) is 9.22. The molecule has 0 radical (unpaired) electrons. The molecule has 6 nitrogen and oxygen atoms in total. The van der Waals surface area contributed by atoms with Crippen molar-refractivity contribution in [2.45, 2.75) is 44.4 Å². The van der Waals surface area contributed by atoms with E-state index in [1.807, 2.05) is 18.2 Å². The van der Waals surface area contributed by atoms with Crippen LogP contribution in [0.1, 0.15) is 59.2 Å². The van der Waals surface area contributed by atoms with E-state index in [-0.39, 0.29) is 37.4 Å². The highest BCUT2D eigenvalue weighted by Gasteiger charge is 2.44. The molecule has 3 aliphatic rings. The summed E-state index contributed by atoms with van der Waals surface area (Å²) in [6.45, 7) is 1.97. The summed E-state index contributed by atoms with van der Waals surface area (Å²) in [5.41, 5.74) is 2.82. The van der Waals surface area contributed by atoms with Crippen LogP contribution in [-0.4, -0.2) is 49.1 Å². The smallest absolute Gasteiger partial charge is 0.337 e. The van der Waals surface area contributed by atoms with E-state index in [4.69, 9.17) is 0 Å². The molecule has 2 heterocycles. The predicted octanol–water partition coefficient (Wildman–Crippen LogP) is 5.86. The lowest BCUT2D eigenvalue weighted by Crippen LogP contribution is -2.40. The third-order valence-electron chi connectivity index (χ3n) is 7.65. The zero-order chi connectivity index (χ0) is 24.8. The van der Waals surface area contributed by atoms with Crippen molar-refractivity contribution in [2.24, 2.45) is 5.41 Å². The third-order valence-corrected chi connectivity index (χ3v) is 8.32. The second-order valence-corrected chi connectivity index (χ2v) is 11.2. The molecule has 2 N–H and O–H groups in total. The van der Waals surface area contributed by atoms with Crippen LogP contribution >= 0.6 is 22.6 Å². The largest absolute Gasteiger partial charge is 0.478 e. The predicted molar refractivity (Wildman–Crippen MR) is 140 cm³/mol. The highest BCUT2D eigenvalue weighted by molar-refractivity contribution is 14.1. The maximum Gasteiger partial charge on any atom is 0.337 e. The second-order valence-electron chi connectivity index (χ2n) is 9.98. The Balaban J connectivity index is 1.38. The first kappa shape index (κ1) is 24.3. The average Bonchev–Trinajstić information content (AvgIpc) is 3.58.